The second-order valence-electron chi connectivity index (χ2n) is 8.50. The van der Waals surface area contributed by atoms with Crippen LogP contribution in [0.15, 0.2) is 9.59 Å². The predicted octanol–water partition coefficient (Wildman–Crippen LogP) is 0.409. The third kappa shape index (κ3) is 1.97. The molecule has 0 amide bonds. The lowest BCUT2D eigenvalue weighted by atomic mass is 9.87. The van der Waals surface area contributed by atoms with Crippen molar-refractivity contribution in [1.82, 2.24) is 19.1 Å². The maximum Gasteiger partial charge on any atom is 0.332 e. The van der Waals surface area contributed by atoms with E-state index in [-0.39, 0.29) is 35.6 Å². The summed E-state index contributed by atoms with van der Waals surface area (Å²) in [4.78, 5) is 33.6. The summed E-state index contributed by atoms with van der Waals surface area (Å²) in [5.41, 5.74) is -0.854. The molecule has 4 fully saturated rings. The molecule has 2 heterocycles. The molecule has 8 nitrogen and oxygen atoms in total. The monoisotopic (exact) mass is 374 g/mol. The second-order valence-corrected chi connectivity index (χ2v) is 8.50. The van der Waals surface area contributed by atoms with E-state index in [0.717, 1.165) is 12.8 Å². The molecule has 8 heteroatoms. The zero-order valence-electron chi connectivity index (χ0n) is 15.7. The summed E-state index contributed by atoms with van der Waals surface area (Å²) in [5, 5.41) is 20.6. The molecule has 6 atom stereocenters. The smallest absolute Gasteiger partial charge is 0.332 e. The number of rotatable bonds is 6. The van der Waals surface area contributed by atoms with Crippen LogP contribution in [0.4, 0.5) is 0 Å². The van der Waals surface area contributed by atoms with Gasteiger partial charge in [0, 0.05) is 24.9 Å². The van der Waals surface area contributed by atoms with Gasteiger partial charge in [0.15, 0.2) is 5.65 Å². The molecule has 6 rings (SSSR count). The Bertz CT molecular complexity index is 1040. The number of aryl methyl sites for hydroxylation is 1. The Kier molecular flexibility index (Phi) is 3.53. The Labute approximate surface area is 155 Å². The molecule has 4 saturated carbocycles. The lowest BCUT2D eigenvalue weighted by Crippen LogP contribution is -2.40. The van der Waals surface area contributed by atoms with Gasteiger partial charge in [-0.15, -0.1) is 0 Å². The van der Waals surface area contributed by atoms with Crippen LogP contribution in [-0.4, -0.2) is 41.5 Å². The molecule has 27 heavy (non-hydrogen) atoms. The fraction of sp³-hybridized carbons (Fsp3) is 0.737. The molecule has 3 N–H and O–H groups in total. The molecule has 6 unspecified atom stereocenters. The summed E-state index contributed by atoms with van der Waals surface area (Å²) in [6.45, 7) is 4.59. The fourth-order valence-corrected chi connectivity index (χ4v) is 6.15. The summed E-state index contributed by atoms with van der Waals surface area (Å²) in [6, 6.07) is 0. The third-order valence-electron chi connectivity index (χ3n) is 7.17. The highest BCUT2D eigenvalue weighted by molar-refractivity contribution is 5.70. The maximum absolute atomic E-state index is 12.9. The van der Waals surface area contributed by atoms with Gasteiger partial charge in [0.2, 0.25) is 0 Å². The number of aromatic amines is 1. The molecule has 0 spiro atoms. The summed E-state index contributed by atoms with van der Waals surface area (Å²) in [6.07, 6.45) is 2.37. The van der Waals surface area contributed by atoms with E-state index < -0.39 is 5.60 Å². The first-order valence-electron chi connectivity index (χ1n) is 10.0. The van der Waals surface area contributed by atoms with Crippen molar-refractivity contribution in [2.45, 2.75) is 57.7 Å². The van der Waals surface area contributed by atoms with E-state index in [1.54, 1.807) is 4.57 Å². The van der Waals surface area contributed by atoms with Crippen LogP contribution in [0.1, 0.15) is 44.9 Å². The average Bonchev–Trinajstić information content (AvgIpc) is 3.00. The molecule has 4 bridgehead atoms. The van der Waals surface area contributed by atoms with Crippen LogP contribution in [-0.2, 0) is 13.1 Å². The van der Waals surface area contributed by atoms with E-state index in [0.29, 0.717) is 48.3 Å². The molecule has 0 aliphatic heterocycles. The zero-order valence-corrected chi connectivity index (χ0v) is 15.7. The minimum absolute atomic E-state index is 0.0220. The quantitative estimate of drug-likeness (QED) is 0.678. The van der Waals surface area contributed by atoms with Crippen molar-refractivity contribution in [3.63, 3.8) is 0 Å². The van der Waals surface area contributed by atoms with Gasteiger partial charge in [-0.25, -0.2) is 9.78 Å². The van der Waals surface area contributed by atoms with Crippen molar-refractivity contribution in [2.75, 3.05) is 6.61 Å². The van der Waals surface area contributed by atoms with Gasteiger partial charge in [-0.05, 0) is 37.0 Å². The van der Waals surface area contributed by atoms with Crippen molar-refractivity contribution in [3.05, 3.63) is 26.7 Å². The molecule has 4 aliphatic rings. The maximum atomic E-state index is 12.9. The van der Waals surface area contributed by atoms with Gasteiger partial charge in [-0.1, -0.05) is 13.8 Å². The lowest BCUT2D eigenvalue weighted by Gasteiger charge is -2.26. The first kappa shape index (κ1) is 17.2. The molecule has 146 valence electrons. The SMILES string of the molecule is CCCn1c(=O)c2[nH]c(C3C4C5CC3C(O)(CO)C54)nc2n(CCC)c1=O. The Morgan fingerprint density at radius 1 is 1.22 bits per heavy atom. The topological polar surface area (TPSA) is 113 Å². The van der Waals surface area contributed by atoms with Crippen LogP contribution < -0.4 is 11.2 Å². The summed E-state index contributed by atoms with van der Waals surface area (Å²) < 4.78 is 2.88. The first-order valence-corrected chi connectivity index (χ1v) is 10.0. The number of nitrogens with zero attached hydrogens (tertiary/aromatic N) is 3. The number of hydrogen-bond donors (Lipinski definition) is 3. The van der Waals surface area contributed by atoms with Gasteiger partial charge >= 0.3 is 5.69 Å². The Balaban J connectivity index is 1.67. The highest BCUT2D eigenvalue weighted by Crippen LogP contribution is 2.79. The van der Waals surface area contributed by atoms with Crippen molar-refractivity contribution >= 4 is 11.2 Å². The predicted molar refractivity (Wildman–Crippen MR) is 98.5 cm³/mol. The van der Waals surface area contributed by atoms with Gasteiger partial charge in [0.05, 0.1) is 12.2 Å². The molecule has 0 saturated heterocycles. The lowest BCUT2D eigenvalue weighted by molar-refractivity contribution is -0.0481. The Hall–Kier alpha value is -1.93. The van der Waals surface area contributed by atoms with Crippen LogP contribution in [0.5, 0.6) is 0 Å². The summed E-state index contributed by atoms with van der Waals surface area (Å²) in [5.74, 6) is 1.57. The molecule has 2 aromatic rings. The van der Waals surface area contributed by atoms with E-state index in [4.69, 9.17) is 4.98 Å². The Morgan fingerprint density at radius 2 is 1.93 bits per heavy atom. The number of aromatic nitrogens is 4. The highest BCUT2D eigenvalue weighted by atomic mass is 16.3. The van der Waals surface area contributed by atoms with Gasteiger partial charge in [0.1, 0.15) is 11.3 Å². The second kappa shape index (κ2) is 5.54. The normalized spacial score (nSPS) is 36.1. The van der Waals surface area contributed by atoms with Gasteiger partial charge in [-0.2, -0.15) is 0 Å². The van der Waals surface area contributed by atoms with E-state index in [9.17, 15) is 19.8 Å². The molecule has 0 aromatic carbocycles. The number of H-pyrrole nitrogens is 1. The van der Waals surface area contributed by atoms with Crippen molar-refractivity contribution in [1.29, 1.82) is 0 Å². The minimum atomic E-state index is -1.02. The van der Waals surface area contributed by atoms with Gasteiger partial charge in [0.25, 0.3) is 5.56 Å². The summed E-state index contributed by atoms with van der Waals surface area (Å²) >= 11 is 0. The van der Waals surface area contributed by atoms with Crippen LogP contribution in [0.25, 0.3) is 11.2 Å². The molecular weight excluding hydrogens is 348 g/mol. The third-order valence-corrected chi connectivity index (χ3v) is 7.17. The molecule has 4 aliphatic carbocycles. The Morgan fingerprint density at radius 3 is 2.52 bits per heavy atom. The first-order chi connectivity index (χ1) is 13.0. The number of imidazole rings is 1. The van der Waals surface area contributed by atoms with Gasteiger partial charge in [-0.3, -0.25) is 13.9 Å². The van der Waals surface area contributed by atoms with E-state index in [1.807, 2.05) is 13.8 Å². The standard InChI is InChI=1S/C19H26N4O4/c1-3-5-22-16-14(17(25)23(6-4-2)18(22)26)20-15(21-16)12-10-7-9-11(12)13(9)19(10,27)8-24/h9-13,24,27H,3-8H2,1-2H3,(H,20,21). The number of aliphatic hydroxyl groups is 2. The molecule has 0 radical (unpaired) electrons. The van der Waals surface area contributed by atoms with Crippen molar-refractivity contribution in [2.24, 2.45) is 23.7 Å². The number of fused-ring (bicyclic) bond motifs is 1. The molecule has 2 aromatic heterocycles. The van der Waals surface area contributed by atoms with Crippen LogP contribution in [0, 0.1) is 23.7 Å². The largest absolute Gasteiger partial charge is 0.393 e. The van der Waals surface area contributed by atoms with Crippen LogP contribution >= 0.6 is 0 Å². The highest BCUT2D eigenvalue weighted by Gasteiger charge is 2.80. The molecular formula is C19H26N4O4. The van der Waals surface area contributed by atoms with E-state index >= 15 is 0 Å². The van der Waals surface area contributed by atoms with Crippen molar-refractivity contribution in [3.8, 4) is 0 Å². The van der Waals surface area contributed by atoms with E-state index in [1.165, 1.54) is 4.57 Å². The minimum Gasteiger partial charge on any atom is -0.393 e. The fourth-order valence-electron chi connectivity index (χ4n) is 6.15. The van der Waals surface area contributed by atoms with Crippen molar-refractivity contribution < 1.29 is 10.2 Å². The van der Waals surface area contributed by atoms with E-state index in [2.05, 4.69) is 4.98 Å². The number of aliphatic hydroxyl groups excluding tert-OH is 1. The van der Waals surface area contributed by atoms with Gasteiger partial charge < -0.3 is 15.2 Å². The number of nitrogens with one attached hydrogen (secondary N) is 1. The number of hydrogen-bond acceptors (Lipinski definition) is 5. The zero-order chi connectivity index (χ0) is 19.1. The average molecular weight is 374 g/mol. The van der Waals surface area contributed by atoms with Crippen LogP contribution in [0.2, 0.25) is 0 Å². The summed E-state index contributed by atoms with van der Waals surface area (Å²) in [7, 11) is 0. The van der Waals surface area contributed by atoms with Crippen LogP contribution in [0.3, 0.4) is 0 Å².